The number of nitrogens with zero attached hydrogens (tertiary/aromatic N) is 1. The highest BCUT2D eigenvalue weighted by atomic mass is 35.5. The van der Waals surface area contributed by atoms with Gasteiger partial charge in [-0.05, 0) is 62.5 Å². The summed E-state index contributed by atoms with van der Waals surface area (Å²) < 4.78 is 42.5. The van der Waals surface area contributed by atoms with E-state index in [2.05, 4.69) is 15.4 Å². The minimum absolute atomic E-state index is 0. The van der Waals surface area contributed by atoms with E-state index in [-0.39, 0.29) is 23.7 Å². The Morgan fingerprint density at radius 2 is 2.10 bits per heavy atom. The number of pyridine rings is 1. The summed E-state index contributed by atoms with van der Waals surface area (Å²) in [5.74, 6) is -0.827. The Morgan fingerprint density at radius 1 is 1.33 bits per heavy atom. The highest BCUT2D eigenvalue weighted by Crippen LogP contribution is 2.25. The summed E-state index contributed by atoms with van der Waals surface area (Å²) in [6.07, 6.45) is -1.13. The van der Waals surface area contributed by atoms with Crippen molar-refractivity contribution in [2.75, 3.05) is 18.4 Å². The molecule has 2 aromatic rings. The van der Waals surface area contributed by atoms with Gasteiger partial charge in [-0.2, -0.15) is 0 Å². The predicted molar refractivity (Wildman–Crippen MR) is 109 cm³/mol. The third kappa shape index (κ3) is 6.24. The zero-order valence-electron chi connectivity index (χ0n) is 16.3. The van der Waals surface area contributed by atoms with E-state index in [0.717, 1.165) is 38.1 Å². The number of anilines is 1. The number of aromatic nitrogens is 1. The monoisotopic (exact) mass is 445 g/mol. The summed E-state index contributed by atoms with van der Waals surface area (Å²) in [4.78, 5) is 25.6. The van der Waals surface area contributed by atoms with E-state index in [9.17, 15) is 22.8 Å². The number of carbonyl (C=O) groups excluding carboxylic acids is 1. The second kappa shape index (κ2) is 9.99. The fraction of sp³-hybridized carbons (Fsp3) is 0.400. The first kappa shape index (κ1) is 23.8. The molecule has 0 spiro atoms. The number of hydrogen-bond donors (Lipinski definition) is 2. The van der Waals surface area contributed by atoms with Gasteiger partial charge < -0.3 is 19.9 Å². The molecule has 0 aliphatic carbocycles. The number of hydrogen-bond acceptors (Lipinski definition) is 4. The van der Waals surface area contributed by atoms with Crippen LogP contribution in [0.2, 0.25) is 0 Å². The van der Waals surface area contributed by atoms with Crippen molar-refractivity contribution >= 4 is 24.0 Å². The van der Waals surface area contributed by atoms with Crippen LogP contribution in [0, 0.1) is 12.8 Å². The van der Waals surface area contributed by atoms with Gasteiger partial charge in [-0.3, -0.25) is 9.59 Å². The van der Waals surface area contributed by atoms with Gasteiger partial charge in [0.05, 0.1) is 0 Å². The van der Waals surface area contributed by atoms with Gasteiger partial charge in [-0.15, -0.1) is 25.6 Å². The van der Waals surface area contributed by atoms with Crippen LogP contribution in [0.25, 0.3) is 0 Å². The Labute approximate surface area is 177 Å². The first-order valence-corrected chi connectivity index (χ1v) is 9.31. The van der Waals surface area contributed by atoms with Crippen molar-refractivity contribution in [3.05, 3.63) is 58.0 Å². The van der Waals surface area contributed by atoms with Gasteiger partial charge in [0.1, 0.15) is 11.3 Å². The minimum Gasteiger partial charge on any atom is -0.406 e. The van der Waals surface area contributed by atoms with Crippen LogP contribution in [0.3, 0.4) is 0 Å². The highest BCUT2D eigenvalue weighted by molar-refractivity contribution is 6.05. The molecule has 2 N–H and O–H groups in total. The van der Waals surface area contributed by atoms with Crippen molar-refractivity contribution < 1.29 is 22.7 Å². The fourth-order valence-corrected chi connectivity index (χ4v) is 3.41. The standard InChI is InChI=1S/C20H22F3N3O3.ClH/c1-13-7-9-26(12-14-4-3-8-24-11-14)19(28)17(13)18(27)25-15-5-2-6-16(10-15)29-20(21,22)23;/h2,5-7,9-10,14,24H,3-4,8,11-12H2,1H3,(H,25,27);1H. The molecule has 2 heterocycles. The molecule has 164 valence electrons. The Morgan fingerprint density at radius 3 is 2.77 bits per heavy atom. The summed E-state index contributed by atoms with van der Waals surface area (Å²) in [5, 5.41) is 5.78. The lowest BCUT2D eigenvalue weighted by molar-refractivity contribution is -0.274. The Balaban J connectivity index is 0.00000320. The fourth-order valence-electron chi connectivity index (χ4n) is 3.41. The number of amides is 1. The molecular weight excluding hydrogens is 423 g/mol. The van der Waals surface area contributed by atoms with E-state index in [1.165, 1.54) is 16.7 Å². The molecule has 1 amide bonds. The van der Waals surface area contributed by atoms with Crippen molar-refractivity contribution in [3.8, 4) is 5.75 Å². The molecule has 6 nitrogen and oxygen atoms in total. The zero-order valence-corrected chi connectivity index (χ0v) is 17.1. The molecule has 0 radical (unpaired) electrons. The van der Waals surface area contributed by atoms with E-state index in [4.69, 9.17) is 0 Å². The van der Waals surface area contributed by atoms with Crippen LogP contribution in [0.5, 0.6) is 5.75 Å². The normalized spacial score (nSPS) is 16.5. The van der Waals surface area contributed by atoms with Crippen LogP contribution in [-0.4, -0.2) is 29.9 Å². The predicted octanol–water partition coefficient (Wildman–Crippen LogP) is 3.73. The van der Waals surface area contributed by atoms with E-state index in [1.54, 1.807) is 19.2 Å². The van der Waals surface area contributed by atoms with Crippen LogP contribution in [0.15, 0.2) is 41.3 Å². The maximum absolute atomic E-state index is 12.9. The van der Waals surface area contributed by atoms with Gasteiger partial charge in [-0.25, -0.2) is 0 Å². The van der Waals surface area contributed by atoms with Crippen LogP contribution < -0.4 is 20.9 Å². The highest BCUT2D eigenvalue weighted by Gasteiger charge is 2.31. The number of nitrogens with one attached hydrogen (secondary N) is 2. The quantitative estimate of drug-likeness (QED) is 0.735. The molecule has 1 aliphatic rings. The second-order valence-electron chi connectivity index (χ2n) is 7.07. The molecule has 0 saturated carbocycles. The topological polar surface area (TPSA) is 72.4 Å². The van der Waals surface area contributed by atoms with Crippen molar-refractivity contribution in [2.24, 2.45) is 5.92 Å². The second-order valence-corrected chi connectivity index (χ2v) is 7.07. The summed E-state index contributed by atoms with van der Waals surface area (Å²) in [6, 6.07) is 6.61. The molecule has 1 unspecified atom stereocenters. The SMILES string of the molecule is Cc1ccn(CC2CCCNC2)c(=O)c1C(=O)Nc1cccc(OC(F)(F)F)c1.Cl. The third-order valence-electron chi connectivity index (χ3n) is 4.78. The number of rotatable bonds is 5. The largest absolute Gasteiger partial charge is 0.573 e. The van der Waals surface area contributed by atoms with Gasteiger partial charge in [0.2, 0.25) is 0 Å². The average molecular weight is 446 g/mol. The van der Waals surface area contributed by atoms with Crippen LogP contribution in [0.1, 0.15) is 28.8 Å². The number of carbonyl (C=O) groups is 1. The third-order valence-corrected chi connectivity index (χ3v) is 4.78. The van der Waals surface area contributed by atoms with Crippen LogP contribution >= 0.6 is 12.4 Å². The van der Waals surface area contributed by atoms with E-state index in [0.29, 0.717) is 18.0 Å². The number of ether oxygens (including phenoxy) is 1. The minimum atomic E-state index is -4.83. The average Bonchev–Trinajstić information content (AvgIpc) is 2.64. The van der Waals surface area contributed by atoms with Crippen LogP contribution in [-0.2, 0) is 6.54 Å². The molecular formula is C20H23ClF3N3O3. The number of aryl methyl sites for hydroxylation is 1. The number of alkyl halides is 3. The molecule has 30 heavy (non-hydrogen) atoms. The van der Waals surface area contributed by atoms with E-state index >= 15 is 0 Å². The van der Waals surface area contributed by atoms with Crippen molar-refractivity contribution in [2.45, 2.75) is 32.7 Å². The summed E-state index contributed by atoms with van der Waals surface area (Å²) in [7, 11) is 0. The van der Waals surface area contributed by atoms with Gasteiger partial charge in [0.25, 0.3) is 11.5 Å². The molecule has 3 rings (SSSR count). The molecule has 0 bridgehead atoms. The van der Waals surface area contributed by atoms with Crippen molar-refractivity contribution in [1.29, 1.82) is 0 Å². The summed E-state index contributed by atoms with van der Waals surface area (Å²) in [6.45, 7) is 3.92. The summed E-state index contributed by atoms with van der Waals surface area (Å²) >= 11 is 0. The van der Waals surface area contributed by atoms with Crippen molar-refractivity contribution in [1.82, 2.24) is 9.88 Å². The first-order chi connectivity index (χ1) is 13.7. The Hall–Kier alpha value is -2.52. The molecule has 1 fully saturated rings. The van der Waals surface area contributed by atoms with Gasteiger partial charge >= 0.3 is 6.36 Å². The van der Waals surface area contributed by atoms with Crippen molar-refractivity contribution in [3.63, 3.8) is 0 Å². The maximum Gasteiger partial charge on any atom is 0.573 e. The Bertz CT molecular complexity index is 941. The maximum atomic E-state index is 12.9. The van der Waals surface area contributed by atoms with Gasteiger partial charge in [0, 0.05) is 24.5 Å². The lowest BCUT2D eigenvalue weighted by Crippen LogP contribution is -2.36. The van der Waals surface area contributed by atoms with E-state index < -0.39 is 23.6 Å². The smallest absolute Gasteiger partial charge is 0.406 e. The van der Waals surface area contributed by atoms with Gasteiger partial charge in [0.15, 0.2) is 0 Å². The molecule has 1 atom stereocenters. The number of piperidine rings is 1. The molecule has 1 aromatic heterocycles. The Kier molecular flexibility index (Phi) is 7.91. The number of benzene rings is 1. The molecule has 1 aromatic carbocycles. The van der Waals surface area contributed by atoms with Crippen LogP contribution in [0.4, 0.5) is 18.9 Å². The molecule has 1 saturated heterocycles. The molecule has 10 heteroatoms. The summed E-state index contributed by atoms with van der Waals surface area (Å²) in [5.41, 5.74) is 0.143. The van der Waals surface area contributed by atoms with E-state index in [1.807, 2.05) is 0 Å². The first-order valence-electron chi connectivity index (χ1n) is 9.31. The number of halogens is 4. The lowest BCUT2D eigenvalue weighted by atomic mass is 9.99. The lowest BCUT2D eigenvalue weighted by Gasteiger charge is -2.23. The van der Waals surface area contributed by atoms with Gasteiger partial charge in [-0.1, -0.05) is 6.07 Å². The zero-order chi connectivity index (χ0) is 21.0. The molecule has 1 aliphatic heterocycles.